The molecule has 0 bridgehead atoms. The second-order valence-electron chi connectivity index (χ2n) is 4.52. The first-order chi connectivity index (χ1) is 9.65. The third-order valence-electron chi connectivity index (χ3n) is 3.17. The number of carbonyl (C=O) groups is 1. The van der Waals surface area contributed by atoms with Gasteiger partial charge in [-0.25, -0.2) is 0 Å². The van der Waals surface area contributed by atoms with Crippen molar-refractivity contribution in [1.82, 2.24) is 5.16 Å². The molecule has 1 aliphatic rings. The van der Waals surface area contributed by atoms with E-state index in [9.17, 15) is 4.79 Å². The third kappa shape index (κ3) is 2.20. The summed E-state index contributed by atoms with van der Waals surface area (Å²) in [4.78, 5) is 12.1. The molecule has 1 N–H and O–H groups in total. The van der Waals surface area contributed by atoms with E-state index in [1.165, 1.54) is 0 Å². The number of rotatable bonds is 2. The van der Waals surface area contributed by atoms with Gasteiger partial charge < -0.3 is 19.3 Å². The second-order valence-corrected chi connectivity index (χ2v) is 4.52. The van der Waals surface area contributed by atoms with Crippen LogP contribution in [0.3, 0.4) is 0 Å². The Bertz CT molecular complexity index is 663. The zero-order valence-electron chi connectivity index (χ0n) is 11.2. The molecule has 6 nitrogen and oxygen atoms in total. The molecule has 1 aromatic carbocycles. The summed E-state index contributed by atoms with van der Waals surface area (Å²) in [5, 5.41) is 6.52. The molecule has 2 heterocycles. The lowest BCUT2D eigenvalue weighted by Gasteiger charge is -2.18. The lowest BCUT2D eigenvalue weighted by Crippen LogP contribution is -2.17. The maximum absolute atomic E-state index is 12.1. The maximum atomic E-state index is 12.1. The van der Waals surface area contributed by atoms with Crippen LogP contribution in [0, 0.1) is 13.8 Å². The molecule has 0 atom stereocenters. The van der Waals surface area contributed by atoms with Gasteiger partial charge >= 0.3 is 0 Å². The Hall–Kier alpha value is -2.50. The molecule has 0 spiro atoms. The van der Waals surface area contributed by atoms with Crippen LogP contribution in [0.1, 0.15) is 21.8 Å². The second kappa shape index (κ2) is 4.88. The molecule has 0 aliphatic carbocycles. The number of aryl methyl sites for hydroxylation is 1. The van der Waals surface area contributed by atoms with Crippen LogP contribution in [-0.2, 0) is 0 Å². The van der Waals surface area contributed by atoms with Gasteiger partial charge in [0.2, 0.25) is 0 Å². The molecule has 0 saturated carbocycles. The molecule has 20 heavy (non-hydrogen) atoms. The minimum Gasteiger partial charge on any atom is -0.486 e. The average Bonchev–Trinajstić information content (AvgIpc) is 2.79. The molecule has 0 radical (unpaired) electrons. The maximum Gasteiger partial charge on any atom is 0.278 e. The normalized spacial score (nSPS) is 13.1. The van der Waals surface area contributed by atoms with Crippen molar-refractivity contribution < 1.29 is 18.8 Å². The summed E-state index contributed by atoms with van der Waals surface area (Å²) < 4.78 is 15.9. The molecule has 1 aromatic heterocycles. The van der Waals surface area contributed by atoms with Gasteiger partial charge in [0.25, 0.3) is 5.91 Å². The summed E-state index contributed by atoms with van der Waals surface area (Å²) in [6.45, 7) is 4.61. The molecule has 6 heteroatoms. The van der Waals surface area contributed by atoms with E-state index in [0.29, 0.717) is 36.2 Å². The first-order valence-corrected chi connectivity index (χ1v) is 6.29. The van der Waals surface area contributed by atoms with Gasteiger partial charge in [-0.15, -0.1) is 0 Å². The van der Waals surface area contributed by atoms with E-state index < -0.39 is 0 Å². The molecule has 1 amide bonds. The Labute approximate surface area is 115 Å². The fraction of sp³-hybridized carbons (Fsp3) is 0.286. The molecule has 104 valence electrons. The number of amides is 1. The number of carbonyl (C=O) groups excluding carboxylic acids is 1. The van der Waals surface area contributed by atoms with E-state index in [-0.39, 0.29) is 11.6 Å². The van der Waals surface area contributed by atoms with Gasteiger partial charge in [0.15, 0.2) is 17.2 Å². The molecule has 0 fully saturated rings. The van der Waals surface area contributed by atoms with E-state index in [2.05, 4.69) is 10.5 Å². The molecular weight excluding hydrogens is 260 g/mol. The standard InChI is InChI=1S/C14H14N2O4/c1-8-9(2)20-16-13(8)14(17)15-10-3-4-11-12(7-10)19-6-5-18-11/h3-4,7H,5-6H2,1-2H3,(H,15,17). The van der Waals surface area contributed by atoms with Crippen LogP contribution >= 0.6 is 0 Å². The van der Waals surface area contributed by atoms with Crippen molar-refractivity contribution in [2.75, 3.05) is 18.5 Å². The van der Waals surface area contributed by atoms with Gasteiger partial charge in [0, 0.05) is 17.3 Å². The monoisotopic (exact) mass is 274 g/mol. The van der Waals surface area contributed by atoms with Crippen molar-refractivity contribution in [3.63, 3.8) is 0 Å². The van der Waals surface area contributed by atoms with Crippen molar-refractivity contribution in [2.24, 2.45) is 0 Å². The van der Waals surface area contributed by atoms with Crippen molar-refractivity contribution in [3.8, 4) is 11.5 Å². The summed E-state index contributed by atoms with van der Waals surface area (Å²) in [5.41, 5.74) is 1.65. The number of nitrogens with zero attached hydrogens (tertiary/aromatic N) is 1. The zero-order chi connectivity index (χ0) is 14.1. The van der Waals surface area contributed by atoms with Crippen LogP contribution in [0.4, 0.5) is 5.69 Å². The highest BCUT2D eigenvalue weighted by atomic mass is 16.6. The number of ether oxygens (including phenoxy) is 2. The summed E-state index contributed by atoms with van der Waals surface area (Å²) in [7, 11) is 0. The van der Waals surface area contributed by atoms with Crippen molar-refractivity contribution >= 4 is 11.6 Å². The van der Waals surface area contributed by atoms with E-state index in [1.54, 1.807) is 32.0 Å². The summed E-state index contributed by atoms with van der Waals surface area (Å²) in [5.74, 6) is 1.64. The van der Waals surface area contributed by atoms with Crippen molar-refractivity contribution in [3.05, 3.63) is 35.2 Å². The van der Waals surface area contributed by atoms with Gasteiger partial charge in [-0.2, -0.15) is 0 Å². The highest BCUT2D eigenvalue weighted by Crippen LogP contribution is 2.32. The van der Waals surface area contributed by atoms with Crippen LogP contribution in [-0.4, -0.2) is 24.3 Å². The van der Waals surface area contributed by atoms with Crippen LogP contribution in [0.2, 0.25) is 0 Å². The highest BCUT2D eigenvalue weighted by molar-refractivity contribution is 6.04. The Kier molecular flexibility index (Phi) is 3.06. The Morgan fingerprint density at radius 3 is 2.65 bits per heavy atom. The summed E-state index contributed by atoms with van der Waals surface area (Å²) in [6.07, 6.45) is 0. The molecule has 3 rings (SSSR count). The van der Waals surface area contributed by atoms with E-state index in [0.717, 1.165) is 5.56 Å². The smallest absolute Gasteiger partial charge is 0.278 e. The average molecular weight is 274 g/mol. The Morgan fingerprint density at radius 2 is 1.95 bits per heavy atom. The largest absolute Gasteiger partial charge is 0.486 e. The highest BCUT2D eigenvalue weighted by Gasteiger charge is 2.18. The topological polar surface area (TPSA) is 73.6 Å². The number of anilines is 1. The number of hydrogen-bond donors (Lipinski definition) is 1. The predicted octanol–water partition coefficient (Wildman–Crippen LogP) is 2.31. The fourth-order valence-electron chi connectivity index (χ4n) is 1.94. The minimum absolute atomic E-state index is 0.289. The van der Waals surface area contributed by atoms with Gasteiger partial charge in [-0.1, -0.05) is 5.16 Å². The van der Waals surface area contributed by atoms with Crippen LogP contribution < -0.4 is 14.8 Å². The molecule has 1 aliphatic heterocycles. The SMILES string of the molecule is Cc1onc(C(=O)Nc2ccc3c(c2)OCCO3)c1C. The van der Waals surface area contributed by atoms with Crippen LogP contribution in [0.5, 0.6) is 11.5 Å². The van der Waals surface area contributed by atoms with Crippen molar-refractivity contribution in [1.29, 1.82) is 0 Å². The fourth-order valence-corrected chi connectivity index (χ4v) is 1.94. The quantitative estimate of drug-likeness (QED) is 0.909. The molecule has 2 aromatic rings. The summed E-state index contributed by atoms with van der Waals surface area (Å²) >= 11 is 0. The molecular formula is C14H14N2O4. The Morgan fingerprint density at radius 1 is 1.20 bits per heavy atom. The van der Waals surface area contributed by atoms with Gasteiger partial charge in [0.1, 0.15) is 19.0 Å². The third-order valence-corrected chi connectivity index (χ3v) is 3.17. The minimum atomic E-state index is -0.309. The van der Waals surface area contributed by atoms with Gasteiger partial charge in [-0.3, -0.25) is 4.79 Å². The van der Waals surface area contributed by atoms with Crippen LogP contribution in [0.15, 0.2) is 22.7 Å². The first kappa shape index (κ1) is 12.5. The van der Waals surface area contributed by atoms with E-state index in [4.69, 9.17) is 14.0 Å². The first-order valence-electron chi connectivity index (χ1n) is 6.29. The number of benzene rings is 1. The number of nitrogens with one attached hydrogen (secondary N) is 1. The predicted molar refractivity (Wildman–Crippen MR) is 71.4 cm³/mol. The number of fused-ring (bicyclic) bond motifs is 1. The van der Waals surface area contributed by atoms with Crippen LogP contribution in [0.25, 0.3) is 0 Å². The van der Waals surface area contributed by atoms with Gasteiger partial charge in [-0.05, 0) is 26.0 Å². The van der Waals surface area contributed by atoms with Gasteiger partial charge in [0.05, 0.1) is 0 Å². The summed E-state index contributed by atoms with van der Waals surface area (Å²) in [6, 6.07) is 5.26. The van der Waals surface area contributed by atoms with Crippen molar-refractivity contribution in [2.45, 2.75) is 13.8 Å². The Balaban J connectivity index is 1.81. The lowest BCUT2D eigenvalue weighted by molar-refractivity contribution is 0.101. The van der Waals surface area contributed by atoms with E-state index in [1.807, 2.05) is 0 Å². The zero-order valence-corrected chi connectivity index (χ0v) is 11.2. The molecule has 0 saturated heterocycles. The number of aromatic nitrogens is 1. The molecule has 0 unspecified atom stereocenters. The van der Waals surface area contributed by atoms with E-state index >= 15 is 0 Å². The number of hydrogen-bond acceptors (Lipinski definition) is 5. The lowest BCUT2D eigenvalue weighted by atomic mass is 10.2.